The number of thioether (sulfide) groups is 1. The normalized spacial score (nSPS) is 23.1. The van der Waals surface area contributed by atoms with Crippen LogP contribution in [-0.4, -0.2) is 46.6 Å². The molecule has 0 spiro atoms. The molecule has 1 amide bonds. The molecule has 2 saturated heterocycles. The van der Waals surface area contributed by atoms with Crippen molar-refractivity contribution in [3.05, 3.63) is 28.7 Å². The zero-order valence-corrected chi connectivity index (χ0v) is 14.3. The molecule has 122 valence electrons. The molecule has 2 fully saturated rings. The van der Waals surface area contributed by atoms with Gasteiger partial charge in [-0.3, -0.25) is 9.69 Å². The molecule has 1 aromatic rings. The van der Waals surface area contributed by atoms with Crippen LogP contribution < -0.4 is 4.74 Å². The fourth-order valence-corrected chi connectivity index (χ4v) is 3.86. The second kappa shape index (κ2) is 6.90. The van der Waals surface area contributed by atoms with Gasteiger partial charge in [-0.2, -0.15) is 0 Å². The lowest BCUT2D eigenvalue weighted by Gasteiger charge is -2.18. The zero-order chi connectivity index (χ0) is 16.4. The van der Waals surface area contributed by atoms with Gasteiger partial charge in [0.25, 0.3) is 5.91 Å². The van der Waals surface area contributed by atoms with Crippen LogP contribution >= 0.6 is 24.0 Å². The van der Waals surface area contributed by atoms with Gasteiger partial charge in [0.05, 0.1) is 24.7 Å². The molecule has 0 bridgehead atoms. The largest absolute Gasteiger partial charge is 0.504 e. The Morgan fingerprint density at radius 1 is 1.57 bits per heavy atom. The Kier molecular flexibility index (Phi) is 4.89. The number of rotatable bonds is 4. The molecule has 2 heterocycles. The van der Waals surface area contributed by atoms with Crippen LogP contribution in [0.4, 0.5) is 0 Å². The minimum atomic E-state index is -0.0949. The first-order chi connectivity index (χ1) is 11.1. The number of amides is 1. The van der Waals surface area contributed by atoms with Gasteiger partial charge in [-0.05, 0) is 36.6 Å². The summed E-state index contributed by atoms with van der Waals surface area (Å²) in [4.78, 5) is 14.7. The molecule has 23 heavy (non-hydrogen) atoms. The number of benzene rings is 1. The van der Waals surface area contributed by atoms with E-state index in [4.69, 9.17) is 21.7 Å². The standard InChI is InChI=1S/C16H17NO4S2/c1-20-13-7-10(4-5-12(13)18)8-14-15(19)17(16(22)23-14)9-11-3-2-6-21-11/h4-5,7-8,11,18H,2-3,6,9H2,1H3/b14-8+. The van der Waals surface area contributed by atoms with Crippen molar-refractivity contribution in [3.8, 4) is 11.5 Å². The van der Waals surface area contributed by atoms with Crippen molar-refractivity contribution >= 4 is 40.3 Å². The van der Waals surface area contributed by atoms with Crippen LogP contribution in [0.15, 0.2) is 23.1 Å². The Morgan fingerprint density at radius 3 is 3.09 bits per heavy atom. The van der Waals surface area contributed by atoms with E-state index in [1.54, 1.807) is 23.1 Å². The van der Waals surface area contributed by atoms with Gasteiger partial charge in [0, 0.05) is 6.61 Å². The predicted molar refractivity (Wildman–Crippen MR) is 93.5 cm³/mol. The minimum Gasteiger partial charge on any atom is -0.504 e. The maximum absolute atomic E-state index is 12.5. The lowest BCUT2D eigenvalue weighted by atomic mass is 10.2. The molecule has 3 rings (SSSR count). The number of hydrogen-bond acceptors (Lipinski definition) is 6. The highest BCUT2D eigenvalue weighted by Gasteiger charge is 2.34. The van der Waals surface area contributed by atoms with Gasteiger partial charge in [0.1, 0.15) is 4.32 Å². The molecule has 0 aliphatic carbocycles. The summed E-state index contributed by atoms with van der Waals surface area (Å²) < 4.78 is 11.2. The highest BCUT2D eigenvalue weighted by atomic mass is 32.2. The molecule has 5 nitrogen and oxygen atoms in total. The van der Waals surface area contributed by atoms with Crippen LogP contribution in [0, 0.1) is 0 Å². The number of methoxy groups -OCH3 is 1. The van der Waals surface area contributed by atoms with E-state index in [2.05, 4.69) is 0 Å². The van der Waals surface area contributed by atoms with Crippen LogP contribution in [0.5, 0.6) is 11.5 Å². The number of thiocarbonyl (C=S) groups is 1. The summed E-state index contributed by atoms with van der Waals surface area (Å²) >= 11 is 6.61. The van der Waals surface area contributed by atoms with Gasteiger partial charge >= 0.3 is 0 Å². The SMILES string of the molecule is COc1cc(/C=C2/SC(=S)N(CC3CCCO3)C2=O)ccc1O. The number of carbonyl (C=O) groups excluding carboxylic acids is 1. The Bertz CT molecular complexity index is 668. The predicted octanol–water partition coefficient (Wildman–Crippen LogP) is 2.78. The van der Waals surface area contributed by atoms with E-state index in [-0.39, 0.29) is 17.8 Å². The highest BCUT2D eigenvalue weighted by Crippen LogP contribution is 2.35. The van der Waals surface area contributed by atoms with Crippen LogP contribution in [0.1, 0.15) is 18.4 Å². The number of aromatic hydroxyl groups is 1. The van der Waals surface area contributed by atoms with Crippen molar-refractivity contribution in [2.75, 3.05) is 20.3 Å². The summed E-state index contributed by atoms with van der Waals surface area (Å²) in [5, 5.41) is 9.63. The van der Waals surface area contributed by atoms with Crippen molar-refractivity contribution in [2.45, 2.75) is 18.9 Å². The first-order valence-electron chi connectivity index (χ1n) is 7.32. The van der Waals surface area contributed by atoms with Crippen molar-refractivity contribution < 1.29 is 19.4 Å². The van der Waals surface area contributed by atoms with E-state index in [1.165, 1.54) is 24.9 Å². The fraction of sp³-hybridized carbons (Fsp3) is 0.375. The smallest absolute Gasteiger partial charge is 0.266 e. The van der Waals surface area contributed by atoms with Gasteiger partial charge in [0.15, 0.2) is 11.5 Å². The molecule has 0 radical (unpaired) electrons. The van der Waals surface area contributed by atoms with E-state index in [0.717, 1.165) is 25.0 Å². The Morgan fingerprint density at radius 2 is 2.39 bits per heavy atom. The molecule has 7 heteroatoms. The van der Waals surface area contributed by atoms with Crippen LogP contribution in [0.25, 0.3) is 6.08 Å². The molecule has 2 aliphatic rings. The van der Waals surface area contributed by atoms with Gasteiger partial charge < -0.3 is 14.6 Å². The number of ether oxygens (including phenoxy) is 2. The molecule has 1 N–H and O–H groups in total. The zero-order valence-electron chi connectivity index (χ0n) is 12.7. The summed E-state index contributed by atoms with van der Waals surface area (Å²) in [5.74, 6) is 0.340. The van der Waals surface area contributed by atoms with Crippen molar-refractivity contribution in [2.24, 2.45) is 0 Å². The molecule has 0 saturated carbocycles. The lowest BCUT2D eigenvalue weighted by Crippen LogP contribution is -2.35. The average molecular weight is 351 g/mol. The highest BCUT2D eigenvalue weighted by molar-refractivity contribution is 8.26. The van der Waals surface area contributed by atoms with Crippen LogP contribution in [-0.2, 0) is 9.53 Å². The van der Waals surface area contributed by atoms with Gasteiger partial charge in [-0.1, -0.05) is 30.0 Å². The van der Waals surface area contributed by atoms with Gasteiger partial charge in [0.2, 0.25) is 0 Å². The van der Waals surface area contributed by atoms with Crippen LogP contribution in [0.3, 0.4) is 0 Å². The first-order valence-corrected chi connectivity index (χ1v) is 8.55. The van der Waals surface area contributed by atoms with Crippen molar-refractivity contribution in [1.82, 2.24) is 4.90 Å². The van der Waals surface area contributed by atoms with Gasteiger partial charge in [-0.25, -0.2) is 0 Å². The maximum atomic E-state index is 12.5. The molecule has 0 aromatic heterocycles. The number of carbonyl (C=O) groups is 1. The molecule has 1 atom stereocenters. The molecule has 2 aliphatic heterocycles. The van der Waals surface area contributed by atoms with Crippen molar-refractivity contribution in [1.29, 1.82) is 0 Å². The summed E-state index contributed by atoms with van der Waals surface area (Å²) in [5.41, 5.74) is 0.775. The summed E-state index contributed by atoms with van der Waals surface area (Å²) in [7, 11) is 1.49. The third kappa shape index (κ3) is 3.52. The monoisotopic (exact) mass is 351 g/mol. The Hall–Kier alpha value is -1.57. The van der Waals surface area contributed by atoms with E-state index >= 15 is 0 Å². The van der Waals surface area contributed by atoms with E-state index in [0.29, 0.717) is 21.5 Å². The fourth-order valence-electron chi connectivity index (χ4n) is 2.58. The third-order valence-corrected chi connectivity index (χ3v) is 5.16. The lowest BCUT2D eigenvalue weighted by molar-refractivity contribution is -0.123. The quantitative estimate of drug-likeness (QED) is 0.665. The second-order valence-corrected chi connectivity index (χ2v) is 7.03. The summed E-state index contributed by atoms with van der Waals surface area (Å²) in [6, 6.07) is 4.95. The number of hydrogen-bond donors (Lipinski definition) is 1. The van der Waals surface area contributed by atoms with Crippen molar-refractivity contribution in [3.63, 3.8) is 0 Å². The summed E-state index contributed by atoms with van der Waals surface area (Å²) in [6.45, 7) is 1.27. The van der Waals surface area contributed by atoms with E-state index in [1.807, 2.05) is 0 Å². The maximum Gasteiger partial charge on any atom is 0.266 e. The first kappa shape index (κ1) is 16.3. The molecule has 1 aromatic carbocycles. The minimum absolute atomic E-state index is 0.0654. The molecule has 1 unspecified atom stereocenters. The third-order valence-electron chi connectivity index (χ3n) is 3.79. The van der Waals surface area contributed by atoms with Gasteiger partial charge in [-0.15, -0.1) is 0 Å². The Labute approximate surface area is 144 Å². The van der Waals surface area contributed by atoms with E-state index < -0.39 is 0 Å². The van der Waals surface area contributed by atoms with E-state index in [9.17, 15) is 9.90 Å². The number of phenols is 1. The Balaban J connectivity index is 1.78. The molecular weight excluding hydrogens is 334 g/mol. The second-order valence-electron chi connectivity index (χ2n) is 5.36. The average Bonchev–Trinajstić information content (AvgIpc) is 3.14. The number of nitrogens with zero attached hydrogens (tertiary/aromatic N) is 1. The van der Waals surface area contributed by atoms with Crippen LogP contribution in [0.2, 0.25) is 0 Å². The molecular formula is C16H17NO4S2. The number of phenolic OH excluding ortho intramolecular Hbond substituents is 1. The summed E-state index contributed by atoms with van der Waals surface area (Å²) in [6.07, 6.45) is 3.83. The topological polar surface area (TPSA) is 59.0 Å².